The van der Waals surface area contributed by atoms with E-state index in [0.717, 1.165) is 21.1 Å². The Morgan fingerprint density at radius 1 is 0.909 bits per heavy atom. The normalized spacial score (nSPS) is 8.18. The maximum atomic E-state index is 5.59. The minimum atomic E-state index is 0. The van der Waals surface area contributed by atoms with E-state index in [1.807, 2.05) is 13.8 Å². The highest BCUT2D eigenvalue weighted by atomic mass is 35.5. The average Bonchev–Trinajstić information content (AvgIpc) is 1.98. The lowest BCUT2D eigenvalue weighted by atomic mass is 10.3. The summed E-state index contributed by atoms with van der Waals surface area (Å²) in [5, 5.41) is 0. The van der Waals surface area contributed by atoms with Gasteiger partial charge < -0.3 is 11.5 Å². The fraction of sp³-hybridized carbons (Fsp3) is 0.333. The molecule has 1 heterocycles. The standard InChI is InChI=1S/C6H10N2S.2ClH/c1-3-5(7)6(8)4(2)9-3;;/h7-8H2,1-2H3;2*1H. The lowest BCUT2D eigenvalue weighted by Crippen LogP contribution is -1.91. The van der Waals surface area contributed by atoms with Gasteiger partial charge in [0.2, 0.25) is 0 Å². The van der Waals surface area contributed by atoms with E-state index >= 15 is 0 Å². The molecule has 4 N–H and O–H groups in total. The van der Waals surface area contributed by atoms with Crippen molar-refractivity contribution in [1.29, 1.82) is 0 Å². The molecule has 0 aliphatic heterocycles. The van der Waals surface area contributed by atoms with E-state index < -0.39 is 0 Å². The Kier molecular flexibility index (Phi) is 5.75. The largest absolute Gasteiger partial charge is 0.396 e. The molecule has 0 spiro atoms. The smallest absolute Gasteiger partial charge is 0.0689 e. The van der Waals surface area contributed by atoms with E-state index in [4.69, 9.17) is 11.5 Å². The fourth-order valence-electron chi connectivity index (χ4n) is 0.719. The number of nitrogens with two attached hydrogens (primary N) is 2. The summed E-state index contributed by atoms with van der Waals surface area (Å²) >= 11 is 1.65. The van der Waals surface area contributed by atoms with E-state index in [9.17, 15) is 0 Å². The summed E-state index contributed by atoms with van der Waals surface area (Å²) < 4.78 is 0. The third-order valence-corrected chi connectivity index (χ3v) is 2.41. The zero-order valence-electron chi connectivity index (χ0n) is 6.38. The number of anilines is 2. The van der Waals surface area contributed by atoms with Gasteiger partial charge in [-0.2, -0.15) is 0 Å². The highest BCUT2D eigenvalue weighted by Crippen LogP contribution is 2.31. The molecule has 1 aromatic heterocycles. The van der Waals surface area contributed by atoms with Crippen LogP contribution in [0.15, 0.2) is 0 Å². The molecule has 11 heavy (non-hydrogen) atoms. The zero-order valence-corrected chi connectivity index (χ0v) is 8.83. The molecule has 0 aliphatic rings. The minimum Gasteiger partial charge on any atom is -0.396 e. The molecule has 0 aliphatic carbocycles. The van der Waals surface area contributed by atoms with E-state index in [0.29, 0.717) is 0 Å². The van der Waals surface area contributed by atoms with Crippen LogP contribution < -0.4 is 11.5 Å². The Balaban J connectivity index is 0. The maximum Gasteiger partial charge on any atom is 0.0689 e. The predicted octanol–water partition coefficient (Wildman–Crippen LogP) is 2.37. The van der Waals surface area contributed by atoms with Crippen LogP contribution in [0.1, 0.15) is 9.75 Å². The first kappa shape index (κ1) is 13.5. The van der Waals surface area contributed by atoms with Crippen molar-refractivity contribution in [3.63, 3.8) is 0 Å². The second-order valence-electron chi connectivity index (χ2n) is 2.04. The molecule has 0 radical (unpaired) electrons. The van der Waals surface area contributed by atoms with Gasteiger partial charge in [0, 0.05) is 9.75 Å². The Morgan fingerprint density at radius 3 is 1.27 bits per heavy atom. The Morgan fingerprint density at radius 2 is 1.18 bits per heavy atom. The number of nitrogen functional groups attached to an aromatic ring is 2. The number of halogens is 2. The van der Waals surface area contributed by atoms with Crippen LogP contribution in [0, 0.1) is 13.8 Å². The second-order valence-corrected chi connectivity index (χ2v) is 3.47. The topological polar surface area (TPSA) is 52.0 Å². The molecule has 0 aromatic carbocycles. The zero-order chi connectivity index (χ0) is 7.02. The highest BCUT2D eigenvalue weighted by Gasteiger charge is 2.04. The molecule has 0 unspecified atom stereocenters. The fourth-order valence-corrected chi connectivity index (χ4v) is 1.62. The van der Waals surface area contributed by atoms with E-state index in [-0.39, 0.29) is 24.8 Å². The summed E-state index contributed by atoms with van der Waals surface area (Å²) in [6.45, 7) is 3.95. The van der Waals surface area contributed by atoms with Crippen molar-refractivity contribution in [3.05, 3.63) is 9.75 Å². The maximum absolute atomic E-state index is 5.59. The Bertz CT molecular complexity index is 212. The van der Waals surface area contributed by atoms with Gasteiger partial charge in [-0.25, -0.2) is 0 Å². The van der Waals surface area contributed by atoms with Crippen LogP contribution >= 0.6 is 36.2 Å². The van der Waals surface area contributed by atoms with Gasteiger partial charge in [0.05, 0.1) is 11.4 Å². The van der Waals surface area contributed by atoms with Crippen LogP contribution in [0.25, 0.3) is 0 Å². The van der Waals surface area contributed by atoms with Gasteiger partial charge in [-0.05, 0) is 13.8 Å². The third kappa shape index (κ3) is 2.43. The van der Waals surface area contributed by atoms with E-state index in [1.165, 1.54) is 0 Å². The molecule has 1 rings (SSSR count). The number of hydrogen-bond donors (Lipinski definition) is 2. The first-order chi connectivity index (χ1) is 4.13. The Labute approximate surface area is 82.8 Å². The lowest BCUT2D eigenvalue weighted by Gasteiger charge is -1.89. The molecule has 1 aromatic rings. The highest BCUT2D eigenvalue weighted by molar-refractivity contribution is 7.13. The van der Waals surface area contributed by atoms with Crippen molar-refractivity contribution in [2.24, 2.45) is 0 Å². The summed E-state index contributed by atoms with van der Waals surface area (Å²) in [6.07, 6.45) is 0. The van der Waals surface area contributed by atoms with Crippen LogP contribution in [0.5, 0.6) is 0 Å². The average molecular weight is 215 g/mol. The predicted molar refractivity (Wildman–Crippen MR) is 57.1 cm³/mol. The van der Waals surface area contributed by atoms with Gasteiger partial charge in [-0.15, -0.1) is 36.2 Å². The molecule has 5 heteroatoms. The molecule has 66 valence electrons. The first-order valence-corrected chi connectivity index (χ1v) is 3.55. The van der Waals surface area contributed by atoms with Crippen molar-refractivity contribution in [1.82, 2.24) is 0 Å². The molecule has 0 amide bonds. The van der Waals surface area contributed by atoms with Crippen LogP contribution in [0.2, 0.25) is 0 Å². The van der Waals surface area contributed by atoms with Crippen LogP contribution in [0.3, 0.4) is 0 Å². The van der Waals surface area contributed by atoms with Gasteiger partial charge in [-0.3, -0.25) is 0 Å². The molecule has 0 atom stereocenters. The molecular weight excluding hydrogens is 203 g/mol. The molecule has 0 saturated heterocycles. The minimum absolute atomic E-state index is 0. The second kappa shape index (κ2) is 4.70. The van der Waals surface area contributed by atoms with Crippen molar-refractivity contribution in [2.45, 2.75) is 13.8 Å². The molecular formula is C6H12Cl2N2S. The van der Waals surface area contributed by atoms with Crippen LogP contribution in [-0.4, -0.2) is 0 Å². The number of aryl methyl sites for hydroxylation is 2. The van der Waals surface area contributed by atoms with Crippen molar-refractivity contribution < 1.29 is 0 Å². The van der Waals surface area contributed by atoms with Crippen molar-refractivity contribution in [2.75, 3.05) is 11.5 Å². The number of hydrogen-bond acceptors (Lipinski definition) is 3. The van der Waals surface area contributed by atoms with Crippen molar-refractivity contribution in [3.8, 4) is 0 Å². The Hall–Kier alpha value is -0.120. The third-order valence-electron chi connectivity index (χ3n) is 1.35. The van der Waals surface area contributed by atoms with Gasteiger partial charge in [-0.1, -0.05) is 0 Å². The molecule has 2 nitrogen and oxygen atoms in total. The lowest BCUT2D eigenvalue weighted by molar-refractivity contribution is 1.59. The van der Waals surface area contributed by atoms with Gasteiger partial charge in [0.25, 0.3) is 0 Å². The van der Waals surface area contributed by atoms with Gasteiger partial charge >= 0.3 is 0 Å². The summed E-state index contributed by atoms with van der Waals surface area (Å²) in [4.78, 5) is 2.23. The van der Waals surface area contributed by atoms with Crippen LogP contribution in [0.4, 0.5) is 11.4 Å². The summed E-state index contributed by atoms with van der Waals surface area (Å²) in [7, 11) is 0. The molecule has 0 fully saturated rings. The van der Waals surface area contributed by atoms with Crippen LogP contribution in [-0.2, 0) is 0 Å². The van der Waals surface area contributed by atoms with Crippen molar-refractivity contribution >= 4 is 47.5 Å². The van der Waals surface area contributed by atoms with E-state index in [1.54, 1.807) is 11.3 Å². The monoisotopic (exact) mass is 214 g/mol. The van der Waals surface area contributed by atoms with Gasteiger partial charge in [0.1, 0.15) is 0 Å². The summed E-state index contributed by atoms with van der Waals surface area (Å²) in [5.41, 5.74) is 12.7. The summed E-state index contributed by atoms with van der Waals surface area (Å²) in [6, 6.07) is 0. The first-order valence-electron chi connectivity index (χ1n) is 2.74. The summed E-state index contributed by atoms with van der Waals surface area (Å²) in [5.74, 6) is 0. The molecule has 0 bridgehead atoms. The molecule has 0 saturated carbocycles. The van der Waals surface area contributed by atoms with E-state index in [2.05, 4.69) is 0 Å². The number of thiophene rings is 1. The quantitative estimate of drug-likeness (QED) is 0.698. The number of rotatable bonds is 0. The SMILES string of the molecule is Cc1sc(C)c(N)c1N.Cl.Cl. The van der Waals surface area contributed by atoms with Gasteiger partial charge in [0.15, 0.2) is 0 Å².